The molecule has 0 saturated carbocycles. The van der Waals surface area contributed by atoms with Crippen LogP contribution in [0.2, 0.25) is 0 Å². The molecule has 3 heteroatoms. The van der Waals surface area contributed by atoms with Gasteiger partial charge in [0.2, 0.25) is 0 Å². The summed E-state index contributed by atoms with van der Waals surface area (Å²) in [7, 11) is 0. The Balaban J connectivity index is 0.00000171. The molecule has 0 aromatic heterocycles. The number of hydrogen-bond acceptors (Lipinski definition) is 0. The van der Waals surface area contributed by atoms with E-state index in [2.05, 4.69) is 90.2 Å². The van der Waals surface area contributed by atoms with Gasteiger partial charge in [-0.2, -0.15) is 0 Å². The van der Waals surface area contributed by atoms with E-state index in [0.29, 0.717) is 0 Å². The van der Waals surface area contributed by atoms with Gasteiger partial charge in [0.1, 0.15) is 0 Å². The maximum Gasteiger partial charge on any atom is -1.00 e. The fourth-order valence-corrected chi connectivity index (χ4v) is 7.43. The Morgan fingerprint density at radius 2 is 1.00 bits per heavy atom. The Morgan fingerprint density at radius 3 is 1.29 bits per heavy atom. The molecule has 0 heterocycles. The van der Waals surface area contributed by atoms with Gasteiger partial charge in [0.25, 0.3) is 0 Å². The minimum absolute atomic E-state index is 0. The summed E-state index contributed by atoms with van der Waals surface area (Å²) in [6.45, 7) is 14.2. The van der Waals surface area contributed by atoms with Crippen molar-refractivity contribution in [2.24, 2.45) is 10.8 Å². The maximum atomic E-state index is 2.54. The predicted molar refractivity (Wildman–Crippen MR) is 122 cm³/mol. The molecular formula is C28H34Cl2Ti. The van der Waals surface area contributed by atoms with Crippen LogP contribution in [-0.2, 0) is 19.2 Å². The second-order valence-corrected chi connectivity index (χ2v) is 12.9. The van der Waals surface area contributed by atoms with Crippen LogP contribution in [0.4, 0.5) is 0 Å². The van der Waals surface area contributed by atoms with Crippen LogP contribution in [-0.4, -0.2) is 0 Å². The monoisotopic (exact) mass is 488 g/mol. The van der Waals surface area contributed by atoms with Gasteiger partial charge >= 0.3 is 187 Å². The molecule has 0 atom stereocenters. The molecule has 31 heavy (non-hydrogen) atoms. The van der Waals surface area contributed by atoms with Gasteiger partial charge in [0, 0.05) is 0 Å². The van der Waals surface area contributed by atoms with E-state index < -0.39 is 0 Å². The molecular weight excluding hydrogens is 455 g/mol. The van der Waals surface area contributed by atoms with Gasteiger partial charge in [-0.15, -0.1) is 0 Å². The summed E-state index contributed by atoms with van der Waals surface area (Å²) >= 11 is -0.302. The number of hydrogen-bond donors (Lipinski definition) is 0. The molecule has 0 N–H and O–H groups in total. The SMILES string of the molecule is CC(C)(C)C1=CC[C]([Ti+2][C]2=C(C3=CC=CC3)C(C(C)(C)C)=CC2)=C1C1=CC=CC1.[Cl-].[Cl-]. The van der Waals surface area contributed by atoms with E-state index in [4.69, 9.17) is 0 Å². The summed E-state index contributed by atoms with van der Waals surface area (Å²) in [4.78, 5) is 0. The second kappa shape index (κ2) is 10.0. The molecule has 0 fully saturated rings. The second-order valence-electron chi connectivity index (χ2n) is 10.6. The van der Waals surface area contributed by atoms with E-state index in [0.717, 1.165) is 25.7 Å². The van der Waals surface area contributed by atoms with Gasteiger partial charge in [-0.25, -0.2) is 0 Å². The normalized spacial score (nSPS) is 20.3. The Morgan fingerprint density at radius 1 is 0.613 bits per heavy atom. The molecule has 0 bridgehead atoms. The van der Waals surface area contributed by atoms with Crippen molar-refractivity contribution in [3.8, 4) is 0 Å². The van der Waals surface area contributed by atoms with E-state index in [9.17, 15) is 0 Å². The Labute approximate surface area is 210 Å². The fourth-order valence-electron chi connectivity index (χ4n) is 4.91. The number of halogens is 2. The Bertz CT molecular complexity index is 897. The molecule has 0 aromatic rings. The van der Waals surface area contributed by atoms with Crippen LogP contribution >= 0.6 is 0 Å². The van der Waals surface area contributed by atoms with Crippen molar-refractivity contribution >= 4 is 0 Å². The standard InChI is InChI=1S/2C14H17.2ClH.Ti/c2*1-14(2,3)13-10-6-9-12(13)11-7-4-5-8-11;;;/h2*4-5,7,10H,6,8H2,1-3H3;2*1H;/q;;;;+2/p-2. The summed E-state index contributed by atoms with van der Waals surface area (Å²) in [5.74, 6) is 0. The first kappa shape index (κ1) is 26.5. The van der Waals surface area contributed by atoms with Crippen LogP contribution in [0.5, 0.6) is 0 Å². The Hall–Kier alpha value is -0.786. The third-order valence-electron chi connectivity index (χ3n) is 6.27. The first-order chi connectivity index (χ1) is 13.7. The van der Waals surface area contributed by atoms with E-state index in [1.807, 2.05) is 0 Å². The topological polar surface area (TPSA) is 0 Å². The van der Waals surface area contributed by atoms with Gasteiger partial charge in [0.05, 0.1) is 0 Å². The maximum absolute atomic E-state index is 2.54. The third-order valence-corrected chi connectivity index (χ3v) is 8.63. The van der Waals surface area contributed by atoms with E-state index >= 15 is 0 Å². The van der Waals surface area contributed by atoms with Crippen LogP contribution < -0.4 is 24.8 Å². The third kappa shape index (κ3) is 5.41. The minimum atomic E-state index is -0.302. The molecule has 164 valence electrons. The van der Waals surface area contributed by atoms with Gasteiger partial charge in [-0.1, -0.05) is 0 Å². The summed E-state index contributed by atoms with van der Waals surface area (Å²) in [6, 6.07) is 0. The summed E-state index contributed by atoms with van der Waals surface area (Å²) < 4.78 is 3.51. The van der Waals surface area contributed by atoms with Crippen molar-refractivity contribution in [3.63, 3.8) is 0 Å². The smallest absolute Gasteiger partial charge is 1.00 e. The predicted octanol–water partition coefficient (Wildman–Crippen LogP) is 2.11. The first-order valence-electron chi connectivity index (χ1n) is 11.0. The molecule has 0 aliphatic heterocycles. The molecule has 0 radical (unpaired) electrons. The molecule has 0 spiro atoms. The Kier molecular flexibility index (Phi) is 8.54. The molecule has 4 aliphatic rings. The van der Waals surface area contributed by atoms with Crippen LogP contribution in [0, 0.1) is 10.8 Å². The zero-order chi connectivity index (χ0) is 20.8. The average molecular weight is 489 g/mol. The fraction of sp³-hybridized carbons (Fsp3) is 0.429. The van der Waals surface area contributed by atoms with Gasteiger partial charge in [-0.05, 0) is 0 Å². The number of allylic oxidation sites excluding steroid dienone is 16. The van der Waals surface area contributed by atoms with E-state index in [1.165, 1.54) is 0 Å². The summed E-state index contributed by atoms with van der Waals surface area (Å²) in [5, 5.41) is 0. The zero-order valence-corrected chi connectivity index (χ0v) is 22.8. The molecule has 0 amide bonds. The van der Waals surface area contributed by atoms with E-state index in [1.54, 1.807) is 41.2 Å². The number of rotatable bonds is 4. The van der Waals surface area contributed by atoms with Crippen molar-refractivity contribution in [3.05, 3.63) is 89.8 Å². The zero-order valence-electron chi connectivity index (χ0n) is 19.7. The summed E-state index contributed by atoms with van der Waals surface area (Å²) in [5.41, 5.74) is 9.93. The minimum Gasteiger partial charge on any atom is -1.00 e. The average Bonchev–Trinajstić information content (AvgIpc) is 3.40. The molecule has 0 unspecified atom stereocenters. The van der Waals surface area contributed by atoms with Gasteiger partial charge in [0.15, 0.2) is 0 Å². The van der Waals surface area contributed by atoms with Crippen molar-refractivity contribution in [2.45, 2.75) is 67.2 Å². The van der Waals surface area contributed by atoms with Crippen molar-refractivity contribution in [2.75, 3.05) is 0 Å². The van der Waals surface area contributed by atoms with Crippen LogP contribution in [0.15, 0.2) is 89.8 Å². The van der Waals surface area contributed by atoms with Crippen molar-refractivity contribution in [1.82, 2.24) is 0 Å². The molecule has 4 rings (SSSR count). The van der Waals surface area contributed by atoms with Crippen LogP contribution in [0.1, 0.15) is 67.2 Å². The molecule has 4 aliphatic carbocycles. The van der Waals surface area contributed by atoms with Crippen LogP contribution in [0.25, 0.3) is 0 Å². The largest absolute Gasteiger partial charge is 1.00 e. The van der Waals surface area contributed by atoms with Gasteiger partial charge < -0.3 is 24.8 Å². The molecule has 0 aromatic carbocycles. The molecule has 0 saturated heterocycles. The summed E-state index contributed by atoms with van der Waals surface area (Å²) in [6.07, 6.45) is 23.4. The molecule has 0 nitrogen and oxygen atoms in total. The van der Waals surface area contributed by atoms with Crippen LogP contribution in [0.3, 0.4) is 0 Å². The quantitative estimate of drug-likeness (QED) is 0.531. The van der Waals surface area contributed by atoms with E-state index in [-0.39, 0.29) is 54.8 Å². The van der Waals surface area contributed by atoms with Crippen molar-refractivity contribution in [1.29, 1.82) is 0 Å². The van der Waals surface area contributed by atoms with Gasteiger partial charge in [-0.3, -0.25) is 0 Å². The first-order valence-corrected chi connectivity index (χ1v) is 12.6. The van der Waals surface area contributed by atoms with Crippen molar-refractivity contribution < 1.29 is 44.0 Å².